The molecule has 6 heteroatoms. The van der Waals surface area contributed by atoms with Crippen LogP contribution in [0.5, 0.6) is 5.75 Å². The molecule has 0 saturated carbocycles. The van der Waals surface area contributed by atoms with Gasteiger partial charge in [0.15, 0.2) is 0 Å². The minimum Gasteiger partial charge on any atom is -0.492 e. The summed E-state index contributed by atoms with van der Waals surface area (Å²) in [4.78, 5) is 27.4. The van der Waals surface area contributed by atoms with Gasteiger partial charge in [0, 0.05) is 31.9 Å². The largest absolute Gasteiger partial charge is 0.492 e. The van der Waals surface area contributed by atoms with Crippen molar-refractivity contribution in [2.75, 3.05) is 46.2 Å². The van der Waals surface area contributed by atoms with Crippen molar-refractivity contribution in [3.63, 3.8) is 0 Å². The molecule has 1 N–H and O–H groups in total. The molecule has 0 spiro atoms. The van der Waals surface area contributed by atoms with Crippen LogP contribution in [0, 0.1) is 6.92 Å². The molecule has 6 nitrogen and oxygen atoms in total. The Hall–Kier alpha value is -2.86. The zero-order chi connectivity index (χ0) is 19.8. The number of carbonyl (C=O) groups is 2. The molecule has 0 aromatic heterocycles. The number of benzene rings is 2. The number of nitrogens with one attached hydrogen (secondary N) is 1. The number of hydrogen-bond donors (Lipinski definition) is 1. The summed E-state index contributed by atoms with van der Waals surface area (Å²) in [6.45, 7) is 3.44. The van der Waals surface area contributed by atoms with Gasteiger partial charge in [-0.25, -0.2) is 0 Å². The molecule has 2 aromatic carbocycles. The second-order valence-electron chi connectivity index (χ2n) is 6.72. The van der Waals surface area contributed by atoms with E-state index in [-0.39, 0.29) is 18.4 Å². The maximum Gasteiger partial charge on any atom is 0.253 e. The van der Waals surface area contributed by atoms with E-state index in [0.29, 0.717) is 24.4 Å². The van der Waals surface area contributed by atoms with Crippen molar-refractivity contribution < 1.29 is 14.3 Å². The lowest BCUT2D eigenvalue weighted by atomic mass is 10.2. The van der Waals surface area contributed by atoms with Gasteiger partial charge in [-0.15, -0.1) is 0 Å². The molecule has 2 rings (SSSR count). The quantitative estimate of drug-likeness (QED) is 0.777. The molecule has 0 bridgehead atoms. The number of nitrogens with zero attached hydrogens (tertiary/aromatic N) is 2. The monoisotopic (exact) mass is 369 g/mol. The fraction of sp³-hybridized carbons (Fsp3) is 0.333. The SMILES string of the molecule is Cc1ccc(OCCN(C)CC(=O)Nc2ccc(C(=O)N(C)C)cc2)cc1. The Labute approximate surface area is 160 Å². The predicted octanol–water partition coefficient (Wildman–Crippen LogP) is 2.65. The van der Waals surface area contributed by atoms with Gasteiger partial charge in [-0.2, -0.15) is 0 Å². The predicted molar refractivity (Wildman–Crippen MR) is 107 cm³/mol. The first kappa shape index (κ1) is 20.5. The van der Waals surface area contributed by atoms with Crippen LogP contribution in [0.4, 0.5) is 5.69 Å². The Morgan fingerprint density at radius 1 is 0.963 bits per heavy atom. The highest BCUT2D eigenvalue weighted by Gasteiger charge is 2.10. The Kier molecular flexibility index (Phi) is 7.37. The lowest BCUT2D eigenvalue weighted by Crippen LogP contribution is -2.33. The summed E-state index contributed by atoms with van der Waals surface area (Å²) in [5.74, 6) is 0.645. The van der Waals surface area contributed by atoms with Crippen molar-refractivity contribution in [1.29, 1.82) is 0 Å². The molecule has 27 heavy (non-hydrogen) atoms. The molecule has 0 saturated heterocycles. The van der Waals surface area contributed by atoms with E-state index < -0.39 is 0 Å². The topological polar surface area (TPSA) is 61.9 Å². The first-order valence-corrected chi connectivity index (χ1v) is 8.85. The van der Waals surface area contributed by atoms with Gasteiger partial charge in [-0.1, -0.05) is 17.7 Å². The van der Waals surface area contributed by atoms with Crippen LogP contribution in [0.25, 0.3) is 0 Å². The second kappa shape index (κ2) is 9.73. The van der Waals surface area contributed by atoms with Crippen LogP contribution in [0.15, 0.2) is 48.5 Å². The van der Waals surface area contributed by atoms with Gasteiger partial charge >= 0.3 is 0 Å². The minimum atomic E-state index is -0.112. The third-order valence-corrected chi connectivity index (χ3v) is 4.00. The fourth-order valence-electron chi connectivity index (χ4n) is 2.43. The number of anilines is 1. The maximum absolute atomic E-state index is 12.2. The third-order valence-electron chi connectivity index (χ3n) is 4.00. The average molecular weight is 369 g/mol. The third kappa shape index (κ3) is 6.75. The molecule has 0 heterocycles. The van der Waals surface area contributed by atoms with E-state index in [9.17, 15) is 9.59 Å². The lowest BCUT2D eigenvalue weighted by Gasteiger charge is -2.17. The standard InChI is InChI=1S/C21H27N3O3/c1-16-5-11-19(12-6-16)27-14-13-24(4)15-20(25)22-18-9-7-17(8-10-18)21(26)23(2)3/h5-12H,13-15H2,1-4H3,(H,22,25). The van der Waals surface area contributed by atoms with Gasteiger partial charge in [0.2, 0.25) is 5.91 Å². The highest BCUT2D eigenvalue weighted by atomic mass is 16.5. The van der Waals surface area contributed by atoms with Crippen LogP contribution in [0.1, 0.15) is 15.9 Å². The molecule has 0 aliphatic carbocycles. The molecular weight excluding hydrogens is 342 g/mol. The number of hydrogen-bond acceptors (Lipinski definition) is 4. The van der Waals surface area contributed by atoms with Crippen LogP contribution in [-0.2, 0) is 4.79 Å². The first-order chi connectivity index (χ1) is 12.8. The Morgan fingerprint density at radius 3 is 2.19 bits per heavy atom. The fourth-order valence-corrected chi connectivity index (χ4v) is 2.43. The number of carbonyl (C=O) groups excluding carboxylic acids is 2. The number of rotatable bonds is 8. The van der Waals surface area contributed by atoms with Gasteiger partial charge in [-0.3, -0.25) is 14.5 Å². The van der Waals surface area contributed by atoms with Crippen LogP contribution < -0.4 is 10.1 Å². The van der Waals surface area contributed by atoms with Gasteiger partial charge in [0.25, 0.3) is 5.91 Å². The molecule has 0 fully saturated rings. The normalized spacial score (nSPS) is 10.6. The molecule has 0 aliphatic heterocycles. The highest BCUT2D eigenvalue weighted by molar-refractivity contribution is 5.95. The van der Waals surface area contributed by atoms with Crippen molar-refractivity contribution in [2.45, 2.75) is 6.92 Å². The van der Waals surface area contributed by atoms with Gasteiger partial charge in [-0.05, 0) is 50.4 Å². The van der Waals surface area contributed by atoms with Crippen molar-refractivity contribution in [3.8, 4) is 5.75 Å². The summed E-state index contributed by atoms with van der Waals surface area (Å²) >= 11 is 0. The Morgan fingerprint density at radius 2 is 1.59 bits per heavy atom. The number of aryl methyl sites for hydroxylation is 1. The van der Waals surface area contributed by atoms with E-state index in [2.05, 4.69) is 5.32 Å². The number of ether oxygens (including phenoxy) is 1. The molecule has 0 atom stereocenters. The van der Waals surface area contributed by atoms with Crippen molar-refractivity contribution in [3.05, 3.63) is 59.7 Å². The zero-order valence-corrected chi connectivity index (χ0v) is 16.4. The Balaban J connectivity index is 1.74. The summed E-state index contributed by atoms with van der Waals surface area (Å²) < 4.78 is 5.68. The van der Waals surface area contributed by atoms with Gasteiger partial charge in [0.1, 0.15) is 12.4 Å². The van der Waals surface area contributed by atoms with Gasteiger partial charge in [0.05, 0.1) is 6.54 Å². The average Bonchev–Trinajstić information content (AvgIpc) is 2.63. The molecule has 0 radical (unpaired) electrons. The molecule has 0 aliphatic rings. The number of likely N-dealkylation sites (N-methyl/N-ethyl adjacent to an activating group) is 1. The molecule has 2 amide bonds. The van der Waals surface area contributed by atoms with Crippen LogP contribution >= 0.6 is 0 Å². The van der Waals surface area contributed by atoms with Gasteiger partial charge < -0.3 is 15.0 Å². The van der Waals surface area contributed by atoms with Crippen LogP contribution in [0.3, 0.4) is 0 Å². The van der Waals surface area contributed by atoms with E-state index in [0.717, 1.165) is 5.75 Å². The highest BCUT2D eigenvalue weighted by Crippen LogP contribution is 2.12. The van der Waals surface area contributed by atoms with Crippen molar-refractivity contribution in [2.24, 2.45) is 0 Å². The zero-order valence-electron chi connectivity index (χ0n) is 16.4. The van der Waals surface area contributed by atoms with Crippen molar-refractivity contribution in [1.82, 2.24) is 9.80 Å². The maximum atomic E-state index is 12.2. The molecule has 0 unspecified atom stereocenters. The summed E-state index contributed by atoms with van der Waals surface area (Å²) in [6, 6.07) is 14.8. The first-order valence-electron chi connectivity index (χ1n) is 8.85. The number of amides is 2. The van der Waals surface area contributed by atoms with E-state index in [1.807, 2.05) is 43.1 Å². The van der Waals surface area contributed by atoms with E-state index in [4.69, 9.17) is 4.74 Å². The second-order valence-corrected chi connectivity index (χ2v) is 6.72. The van der Waals surface area contributed by atoms with Crippen LogP contribution in [-0.4, -0.2) is 62.5 Å². The minimum absolute atomic E-state index is 0.0683. The van der Waals surface area contributed by atoms with Crippen LogP contribution in [0.2, 0.25) is 0 Å². The Bertz CT molecular complexity index is 755. The summed E-state index contributed by atoms with van der Waals surface area (Å²) in [5, 5.41) is 2.84. The molecule has 2 aromatic rings. The van der Waals surface area contributed by atoms with E-state index in [1.54, 1.807) is 38.4 Å². The lowest BCUT2D eigenvalue weighted by molar-refractivity contribution is -0.117. The summed E-state index contributed by atoms with van der Waals surface area (Å²) in [7, 11) is 5.28. The van der Waals surface area contributed by atoms with Crippen molar-refractivity contribution >= 4 is 17.5 Å². The molecular formula is C21H27N3O3. The summed E-state index contributed by atoms with van der Waals surface area (Å²) in [6.07, 6.45) is 0. The smallest absolute Gasteiger partial charge is 0.253 e. The summed E-state index contributed by atoms with van der Waals surface area (Å²) in [5.41, 5.74) is 2.44. The van der Waals surface area contributed by atoms with E-state index in [1.165, 1.54) is 10.5 Å². The van der Waals surface area contributed by atoms with E-state index >= 15 is 0 Å². The molecule has 144 valence electrons.